The zero-order valence-corrected chi connectivity index (χ0v) is 21.1. The van der Waals surface area contributed by atoms with Gasteiger partial charge in [-0.1, -0.05) is 67.6 Å². The summed E-state index contributed by atoms with van der Waals surface area (Å²) >= 11 is 0. The summed E-state index contributed by atoms with van der Waals surface area (Å²) in [5, 5.41) is 8.10. The second kappa shape index (κ2) is 10.0. The van der Waals surface area contributed by atoms with Gasteiger partial charge in [-0.2, -0.15) is 5.10 Å². The van der Waals surface area contributed by atoms with Gasteiger partial charge >= 0.3 is 6.03 Å². The largest absolute Gasteiger partial charge is 0.334 e. The third-order valence-electron chi connectivity index (χ3n) is 7.04. The fourth-order valence-electron chi connectivity index (χ4n) is 5.22. The van der Waals surface area contributed by atoms with Crippen molar-refractivity contribution in [2.24, 2.45) is 0 Å². The molecule has 38 heavy (non-hydrogen) atoms. The first-order chi connectivity index (χ1) is 18.6. The number of nitrogens with one attached hydrogen (secondary N) is 1. The van der Waals surface area contributed by atoms with E-state index < -0.39 is 6.04 Å². The van der Waals surface area contributed by atoms with Crippen LogP contribution in [-0.2, 0) is 19.5 Å². The Morgan fingerprint density at radius 1 is 0.947 bits per heavy atom. The summed E-state index contributed by atoms with van der Waals surface area (Å²) in [6.07, 6.45) is 2.73. The number of amides is 2. The van der Waals surface area contributed by atoms with Crippen molar-refractivity contribution in [2.45, 2.75) is 32.5 Å². The van der Waals surface area contributed by atoms with Crippen LogP contribution in [0.5, 0.6) is 0 Å². The van der Waals surface area contributed by atoms with E-state index in [1.807, 2.05) is 88.6 Å². The van der Waals surface area contributed by atoms with Gasteiger partial charge < -0.3 is 14.8 Å². The number of para-hydroxylation sites is 1. The number of aryl methyl sites for hydroxylation is 1. The summed E-state index contributed by atoms with van der Waals surface area (Å²) in [5.41, 5.74) is 5.64. The van der Waals surface area contributed by atoms with Crippen molar-refractivity contribution in [3.05, 3.63) is 137 Å². The maximum absolute atomic E-state index is 13.9. The first-order valence-corrected chi connectivity index (χ1v) is 12.8. The minimum Gasteiger partial charge on any atom is -0.334 e. The SMILES string of the molecule is CCc1nn(-c2ccccc2)c2c1CN(C(=O)NCc1ccccc1)C(c1ccc(F)cc1)c1cccn1-2. The summed E-state index contributed by atoms with van der Waals surface area (Å²) in [4.78, 5) is 15.7. The zero-order valence-electron chi connectivity index (χ0n) is 21.1. The van der Waals surface area contributed by atoms with Crippen molar-refractivity contribution in [1.82, 2.24) is 24.6 Å². The smallest absolute Gasteiger partial charge is 0.318 e. The minimum atomic E-state index is -0.428. The Morgan fingerprint density at radius 2 is 1.66 bits per heavy atom. The van der Waals surface area contributed by atoms with Crippen LogP contribution in [0.3, 0.4) is 0 Å². The van der Waals surface area contributed by atoms with E-state index in [1.165, 1.54) is 12.1 Å². The molecule has 0 fully saturated rings. The molecule has 6 rings (SSSR count). The molecule has 2 amide bonds. The lowest BCUT2D eigenvalue weighted by Gasteiger charge is -2.31. The number of halogens is 1. The number of carbonyl (C=O) groups is 1. The Bertz CT molecular complexity index is 1560. The molecule has 2 aromatic heterocycles. The van der Waals surface area contributed by atoms with Gasteiger partial charge in [0.2, 0.25) is 0 Å². The van der Waals surface area contributed by atoms with Gasteiger partial charge in [-0.15, -0.1) is 0 Å². The molecule has 1 aliphatic heterocycles. The molecular formula is C31H28FN5O. The van der Waals surface area contributed by atoms with Gasteiger partial charge in [0, 0.05) is 18.3 Å². The fraction of sp³-hybridized carbons (Fsp3) is 0.161. The molecule has 0 radical (unpaired) electrons. The van der Waals surface area contributed by atoms with Crippen molar-refractivity contribution < 1.29 is 9.18 Å². The normalized spacial score (nSPS) is 14.5. The molecule has 0 bridgehead atoms. The van der Waals surface area contributed by atoms with Crippen molar-refractivity contribution in [1.29, 1.82) is 0 Å². The molecular weight excluding hydrogens is 477 g/mol. The number of hydrogen-bond acceptors (Lipinski definition) is 2. The fourth-order valence-corrected chi connectivity index (χ4v) is 5.22. The van der Waals surface area contributed by atoms with E-state index in [-0.39, 0.29) is 11.8 Å². The molecule has 6 nitrogen and oxygen atoms in total. The third-order valence-corrected chi connectivity index (χ3v) is 7.04. The Balaban J connectivity index is 1.50. The number of aromatic nitrogens is 3. The highest BCUT2D eigenvalue weighted by atomic mass is 19.1. The number of urea groups is 1. The maximum atomic E-state index is 13.9. The standard InChI is InChI=1S/C31H28FN5O/c1-2-27-26-21-36(31(38)33-20-22-10-5-3-6-11-22)29(23-15-17-24(32)18-16-23)28-14-9-19-35(28)30(26)37(34-27)25-12-7-4-8-13-25/h3-19,29H,2,20-21H2,1H3,(H,33,38). The predicted octanol–water partition coefficient (Wildman–Crippen LogP) is 6.18. The van der Waals surface area contributed by atoms with E-state index in [0.29, 0.717) is 13.1 Å². The van der Waals surface area contributed by atoms with Gasteiger partial charge in [-0.05, 0) is 53.9 Å². The molecule has 3 aromatic carbocycles. The van der Waals surface area contributed by atoms with Gasteiger partial charge in [-0.3, -0.25) is 0 Å². The van der Waals surface area contributed by atoms with Crippen LogP contribution in [0.25, 0.3) is 11.5 Å². The van der Waals surface area contributed by atoms with Gasteiger partial charge in [0.15, 0.2) is 0 Å². The van der Waals surface area contributed by atoms with Gasteiger partial charge in [0.05, 0.1) is 29.7 Å². The second-order valence-electron chi connectivity index (χ2n) is 9.38. The summed E-state index contributed by atoms with van der Waals surface area (Å²) in [5.74, 6) is 0.604. The Morgan fingerprint density at radius 3 is 2.37 bits per heavy atom. The van der Waals surface area contributed by atoms with Crippen molar-refractivity contribution in [3.8, 4) is 11.5 Å². The lowest BCUT2D eigenvalue weighted by atomic mass is 10.0. The number of fused-ring (bicyclic) bond motifs is 3. The Hall–Kier alpha value is -4.65. The number of carbonyl (C=O) groups excluding carboxylic acids is 1. The van der Waals surface area contributed by atoms with Crippen LogP contribution in [0.1, 0.15) is 41.0 Å². The number of hydrogen-bond donors (Lipinski definition) is 1. The zero-order chi connectivity index (χ0) is 26.1. The topological polar surface area (TPSA) is 55.1 Å². The highest BCUT2D eigenvalue weighted by Gasteiger charge is 2.36. The first-order valence-electron chi connectivity index (χ1n) is 12.8. The van der Waals surface area contributed by atoms with Crippen LogP contribution in [-0.4, -0.2) is 25.3 Å². The van der Waals surface area contributed by atoms with Gasteiger partial charge in [-0.25, -0.2) is 13.9 Å². The average molecular weight is 506 g/mol. The summed E-state index contributed by atoms with van der Waals surface area (Å²) in [6, 6.07) is 29.7. The lowest BCUT2D eigenvalue weighted by Crippen LogP contribution is -2.41. The molecule has 1 unspecified atom stereocenters. The van der Waals surface area contributed by atoms with Gasteiger partial charge in [0.25, 0.3) is 0 Å². The first kappa shape index (κ1) is 23.7. The molecule has 7 heteroatoms. The average Bonchev–Trinajstić information content (AvgIpc) is 3.54. The second-order valence-corrected chi connectivity index (χ2v) is 9.38. The molecule has 0 spiro atoms. The summed E-state index contributed by atoms with van der Waals surface area (Å²) in [6.45, 7) is 2.84. The molecule has 5 aromatic rings. The van der Waals surface area contributed by atoms with E-state index in [2.05, 4.69) is 16.8 Å². The van der Waals surface area contributed by atoms with Crippen molar-refractivity contribution in [3.63, 3.8) is 0 Å². The lowest BCUT2D eigenvalue weighted by molar-refractivity contribution is 0.180. The predicted molar refractivity (Wildman–Crippen MR) is 145 cm³/mol. The van der Waals surface area contributed by atoms with E-state index >= 15 is 0 Å². The molecule has 1 aliphatic rings. The monoisotopic (exact) mass is 505 g/mol. The number of benzene rings is 3. The summed E-state index contributed by atoms with van der Waals surface area (Å²) < 4.78 is 18.0. The maximum Gasteiger partial charge on any atom is 0.318 e. The molecule has 0 aliphatic carbocycles. The Kier molecular flexibility index (Phi) is 6.25. The number of rotatable bonds is 5. The molecule has 0 saturated carbocycles. The van der Waals surface area contributed by atoms with E-state index in [1.54, 1.807) is 12.1 Å². The molecule has 3 heterocycles. The van der Waals surface area contributed by atoms with Gasteiger partial charge in [0.1, 0.15) is 11.6 Å². The van der Waals surface area contributed by atoms with Crippen LogP contribution in [0, 0.1) is 5.82 Å². The van der Waals surface area contributed by atoms with Crippen LogP contribution >= 0.6 is 0 Å². The highest BCUT2D eigenvalue weighted by molar-refractivity contribution is 5.76. The minimum absolute atomic E-state index is 0.196. The van der Waals surface area contributed by atoms with Crippen LogP contribution < -0.4 is 5.32 Å². The molecule has 1 N–H and O–H groups in total. The van der Waals surface area contributed by atoms with Crippen LogP contribution in [0.4, 0.5) is 9.18 Å². The van der Waals surface area contributed by atoms with E-state index in [4.69, 9.17) is 5.10 Å². The van der Waals surface area contributed by atoms with E-state index in [0.717, 1.165) is 46.0 Å². The van der Waals surface area contributed by atoms with Crippen LogP contribution in [0.2, 0.25) is 0 Å². The van der Waals surface area contributed by atoms with Crippen molar-refractivity contribution in [2.75, 3.05) is 0 Å². The van der Waals surface area contributed by atoms with E-state index in [9.17, 15) is 9.18 Å². The Labute approximate surface area is 221 Å². The molecule has 0 saturated heterocycles. The quantitative estimate of drug-likeness (QED) is 0.310. The van der Waals surface area contributed by atoms with Crippen molar-refractivity contribution >= 4 is 6.03 Å². The number of nitrogens with zero attached hydrogens (tertiary/aromatic N) is 4. The molecule has 190 valence electrons. The summed E-state index contributed by atoms with van der Waals surface area (Å²) in [7, 11) is 0. The molecule has 1 atom stereocenters. The van der Waals surface area contributed by atoms with Crippen LogP contribution in [0.15, 0.2) is 103 Å². The highest BCUT2D eigenvalue weighted by Crippen LogP contribution is 2.38. The third kappa shape index (κ3) is 4.26.